The summed E-state index contributed by atoms with van der Waals surface area (Å²) in [5.74, 6) is -0.103. The predicted octanol–water partition coefficient (Wildman–Crippen LogP) is 3.63. The van der Waals surface area contributed by atoms with Gasteiger partial charge in [-0.15, -0.1) is 6.58 Å². The van der Waals surface area contributed by atoms with E-state index < -0.39 is 0 Å². The van der Waals surface area contributed by atoms with Crippen molar-refractivity contribution in [1.29, 1.82) is 0 Å². The zero-order chi connectivity index (χ0) is 11.4. The monoisotopic (exact) mass is 210 g/mol. The second-order valence-electron chi connectivity index (χ2n) is 3.39. The molecule has 15 heavy (non-hydrogen) atoms. The maximum Gasteiger partial charge on any atom is 0.306 e. The van der Waals surface area contributed by atoms with Gasteiger partial charge in [-0.25, -0.2) is 0 Å². The number of rotatable bonds is 9. The summed E-state index contributed by atoms with van der Waals surface area (Å²) in [6.07, 6.45) is 12.0. The summed E-state index contributed by atoms with van der Waals surface area (Å²) in [4.78, 5) is 10.9. The molecule has 0 bridgehead atoms. The Morgan fingerprint density at radius 2 is 1.87 bits per heavy atom. The van der Waals surface area contributed by atoms with Gasteiger partial charge in [0.15, 0.2) is 0 Å². The fourth-order valence-corrected chi connectivity index (χ4v) is 1.22. The van der Waals surface area contributed by atoms with E-state index in [1.165, 1.54) is 12.8 Å². The van der Waals surface area contributed by atoms with Crippen LogP contribution >= 0.6 is 0 Å². The molecule has 86 valence electrons. The maximum atomic E-state index is 10.9. The molecule has 0 radical (unpaired) electrons. The lowest BCUT2D eigenvalue weighted by Gasteiger charge is -1.98. The van der Waals surface area contributed by atoms with Crippen LogP contribution in [0.25, 0.3) is 0 Å². The number of unbranched alkanes of at least 4 members (excludes halogenated alkanes) is 3. The number of hydrogen-bond donors (Lipinski definition) is 0. The summed E-state index contributed by atoms with van der Waals surface area (Å²) in [5, 5.41) is 0. The molecule has 0 heterocycles. The van der Waals surface area contributed by atoms with Gasteiger partial charge in [-0.05, 0) is 39.0 Å². The van der Waals surface area contributed by atoms with E-state index in [1.54, 1.807) is 0 Å². The Morgan fingerprint density at radius 1 is 1.20 bits per heavy atom. The lowest BCUT2D eigenvalue weighted by molar-refractivity contribution is -0.142. The molecule has 0 spiro atoms. The number of ether oxygens (including phenoxy) is 1. The van der Waals surface area contributed by atoms with Crippen molar-refractivity contribution in [2.75, 3.05) is 6.61 Å². The Labute approximate surface area is 93.0 Å². The minimum Gasteiger partial charge on any atom is -0.466 e. The molecule has 0 unspecified atom stereocenters. The van der Waals surface area contributed by atoms with Gasteiger partial charge in [0.2, 0.25) is 0 Å². The van der Waals surface area contributed by atoms with Gasteiger partial charge >= 0.3 is 5.97 Å². The summed E-state index contributed by atoms with van der Waals surface area (Å²) in [7, 11) is 0. The van der Waals surface area contributed by atoms with Crippen LogP contribution in [-0.4, -0.2) is 12.6 Å². The summed E-state index contributed by atoms with van der Waals surface area (Å²) in [6.45, 7) is 5.98. The standard InChI is InChI=1S/C13H22O2/c1-3-5-6-7-8-9-10-11-12-13(14)15-4-2/h3,9-10H,1,4-8,11-12H2,2H3/b10-9+. The Kier molecular flexibility index (Phi) is 10.3. The van der Waals surface area contributed by atoms with Crippen molar-refractivity contribution in [3.05, 3.63) is 24.8 Å². The number of hydrogen-bond acceptors (Lipinski definition) is 2. The smallest absolute Gasteiger partial charge is 0.306 e. The van der Waals surface area contributed by atoms with Crippen LogP contribution in [0.15, 0.2) is 24.8 Å². The third kappa shape index (κ3) is 10.9. The average molecular weight is 210 g/mol. The highest BCUT2D eigenvalue weighted by Gasteiger charge is 1.97. The first kappa shape index (κ1) is 13.9. The molecular weight excluding hydrogens is 188 g/mol. The van der Waals surface area contributed by atoms with Crippen LogP contribution in [0.2, 0.25) is 0 Å². The highest BCUT2D eigenvalue weighted by atomic mass is 16.5. The van der Waals surface area contributed by atoms with Crippen LogP contribution in [0, 0.1) is 0 Å². The average Bonchev–Trinajstić information content (AvgIpc) is 2.22. The van der Waals surface area contributed by atoms with Crippen LogP contribution in [0.4, 0.5) is 0 Å². The van der Waals surface area contributed by atoms with Gasteiger partial charge in [0.1, 0.15) is 0 Å². The molecule has 0 atom stereocenters. The van der Waals surface area contributed by atoms with Crippen LogP contribution < -0.4 is 0 Å². The third-order valence-electron chi connectivity index (χ3n) is 2.02. The zero-order valence-corrected chi connectivity index (χ0v) is 9.71. The van der Waals surface area contributed by atoms with Gasteiger partial charge in [-0.3, -0.25) is 4.79 Å². The molecule has 2 heteroatoms. The number of carbonyl (C=O) groups excluding carboxylic acids is 1. The molecule has 0 aromatic rings. The maximum absolute atomic E-state index is 10.9. The minimum atomic E-state index is -0.103. The fraction of sp³-hybridized carbons (Fsp3) is 0.615. The first-order valence-electron chi connectivity index (χ1n) is 5.72. The summed E-state index contributed by atoms with van der Waals surface area (Å²) in [6, 6.07) is 0. The van der Waals surface area contributed by atoms with Crippen molar-refractivity contribution in [3.63, 3.8) is 0 Å². The van der Waals surface area contributed by atoms with Gasteiger partial charge in [0, 0.05) is 6.42 Å². The van der Waals surface area contributed by atoms with Crippen molar-refractivity contribution in [1.82, 2.24) is 0 Å². The predicted molar refractivity (Wildman–Crippen MR) is 63.7 cm³/mol. The molecule has 0 saturated heterocycles. The van der Waals surface area contributed by atoms with Gasteiger partial charge in [-0.2, -0.15) is 0 Å². The van der Waals surface area contributed by atoms with Crippen LogP contribution in [0.3, 0.4) is 0 Å². The van der Waals surface area contributed by atoms with E-state index >= 15 is 0 Å². The first-order chi connectivity index (χ1) is 7.31. The number of carbonyl (C=O) groups is 1. The van der Waals surface area contributed by atoms with Crippen molar-refractivity contribution < 1.29 is 9.53 Å². The summed E-state index contributed by atoms with van der Waals surface area (Å²) < 4.78 is 4.82. The van der Waals surface area contributed by atoms with Gasteiger partial charge in [0.05, 0.1) is 6.61 Å². The van der Waals surface area contributed by atoms with E-state index in [0.717, 1.165) is 19.3 Å². The van der Waals surface area contributed by atoms with Gasteiger partial charge in [0.25, 0.3) is 0 Å². The largest absolute Gasteiger partial charge is 0.466 e. The molecule has 0 rings (SSSR count). The zero-order valence-electron chi connectivity index (χ0n) is 9.71. The van der Waals surface area contributed by atoms with E-state index in [-0.39, 0.29) is 5.97 Å². The highest BCUT2D eigenvalue weighted by Crippen LogP contribution is 2.02. The first-order valence-corrected chi connectivity index (χ1v) is 5.72. The Morgan fingerprint density at radius 3 is 2.53 bits per heavy atom. The molecule has 0 aromatic heterocycles. The molecule has 2 nitrogen and oxygen atoms in total. The summed E-state index contributed by atoms with van der Waals surface area (Å²) >= 11 is 0. The highest BCUT2D eigenvalue weighted by molar-refractivity contribution is 5.69. The molecule has 0 aliphatic heterocycles. The Bertz CT molecular complexity index is 195. The van der Waals surface area contributed by atoms with E-state index in [0.29, 0.717) is 13.0 Å². The van der Waals surface area contributed by atoms with E-state index in [9.17, 15) is 4.79 Å². The van der Waals surface area contributed by atoms with Gasteiger partial charge in [-0.1, -0.05) is 18.2 Å². The van der Waals surface area contributed by atoms with E-state index in [2.05, 4.69) is 18.7 Å². The topological polar surface area (TPSA) is 26.3 Å². The molecule has 0 aliphatic carbocycles. The molecule has 0 fully saturated rings. The second-order valence-corrected chi connectivity index (χ2v) is 3.39. The second kappa shape index (κ2) is 11.0. The fourth-order valence-electron chi connectivity index (χ4n) is 1.22. The Hall–Kier alpha value is -1.05. The van der Waals surface area contributed by atoms with Crippen molar-refractivity contribution >= 4 is 5.97 Å². The number of esters is 1. The minimum absolute atomic E-state index is 0.103. The molecule has 0 aliphatic rings. The van der Waals surface area contributed by atoms with Crippen LogP contribution in [0.5, 0.6) is 0 Å². The Balaban J connectivity index is 3.23. The van der Waals surface area contributed by atoms with Crippen LogP contribution in [-0.2, 0) is 9.53 Å². The van der Waals surface area contributed by atoms with Gasteiger partial charge < -0.3 is 4.74 Å². The lowest BCUT2D eigenvalue weighted by atomic mass is 10.2. The van der Waals surface area contributed by atoms with E-state index in [4.69, 9.17) is 4.74 Å². The summed E-state index contributed by atoms with van der Waals surface area (Å²) in [5.41, 5.74) is 0. The quantitative estimate of drug-likeness (QED) is 0.330. The van der Waals surface area contributed by atoms with Crippen molar-refractivity contribution in [2.45, 2.75) is 45.4 Å². The van der Waals surface area contributed by atoms with Crippen molar-refractivity contribution in [3.8, 4) is 0 Å². The molecule has 0 aromatic carbocycles. The lowest BCUT2D eigenvalue weighted by Crippen LogP contribution is -2.02. The SMILES string of the molecule is C=CCCCC/C=C/CCC(=O)OCC. The normalized spacial score (nSPS) is 10.5. The van der Waals surface area contributed by atoms with Crippen LogP contribution in [0.1, 0.15) is 45.4 Å². The third-order valence-corrected chi connectivity index (χ3v) is 2.02. The molecule has 0 amide bonds. The number of allylic oxidation sites excluding steroid dienone is 3. The molecule has 0 saturated carbocycles. The molecule has 0 N–H and O–H groups in total. The van der Waals surface area contributed by atoms with E-state index in [1.807, 2.05) is 13.0 Å². The van der Waals surface area contributed by atoms with Crippen molar-refractivity contribution in [2.24, 2.45) is 0 Å². The molecular formula is C13H22O2.